The second kappa shape index (κ2) is 5.99. The van der Waals surface area contributed by atoms with Crippen molar-refractivity contribution in [2.75, 3.05) is 5.33 Å². The van der Waals surface area contributed by atoms with Crippen LogP contribution in [0.1, 0.15) is 12.0 Å². The Morgan fingerprint density at radius 1 is 1.28 bits per heavy atom. The Bertz CT molecular complexity index is 461. The Hall–Kier alpha value is -0.650. The van der Waals surface area contributed by atoms with Crippen LogP contribution in [-0.2, 0) is 16.1 Å². The van der Waals surface area contributed by atoms with Crippen LogP contribution in [0.4, 0.5) is 0 Å². The highest BCUT2D eigenvalue weighted by Crippen LogP contribution is 2.34. The molecule has 0 saturated heterocycles. The van der Waals surface area contributed by atoms with E-state index in [1.165, 1.54) is 6.08 Å². The Balaban J connectivity index is 2.08. The summed E-state index contributed by atoms with van der Waals surface area (Å²) in [5, 5.41) is 4.05. The van der Waals surface area contributed by atoms with Gasteiger partial charge in [0.25, 0.3) is 0 Å². The maximum Gasteiger partial charge on any atom is 0.333 e. The van der Waals surface area contributed by atoms with Gasteiger partial charge in [0.15, 0.2) is 5.72 Å². The highest BCUT2D eigenvalue weighted by Gasteiger charge is 2.41. The van der Waals surface area contributed by atoms with Gasteiger partial charge in [-0.25, -0.2) is 4.79 Å². The molecule has 0 spiro atoms. The van der Waals surface area contributed by atoms with Crippen molar-refractivity contribution >= 4 is 37.8 Å². The molecule has 0 aromatic heterocycles. The van der Waals surface area contributed by atoms with E-state index < -0.39 is 5.72 Å². The van der Waals surface area contributed by atoms with E-state index in [4.69, 9.17) is 4.74 Å². The molecular weight excluding hydrogens is 362 g/mol. The summed E-state index contributed by atoms with van der Waals surface area (Å²) in [5.41, 5.74) is 0.408. The molecule has 0 aliphatic carbocycles. The molecule has 1 unspecified atom stereocenters. The number of esters is 1. The molecule has 1 heterocycles. The molecule has 1 N–H and O–H groups in total. The molecule has 2 rings (SSSR count). The van der Waals surface area contributed by atoms with Crippen LogP contribution >= 0.6 is 31.9 Å². The van der Waals surface area contributed by atoms with Crippen molar-refractivity contribution in [3.8, 4) is 0 Å². The number of ether oxygens (including phenoxy) is 1. The molecule has 0 fully saturated rings. The summed E-state index contributed by atoms with van der Waals surface area (Å²) < 4.78 is 6.15. The van der Waals surface area contributed by atoms with Crippen LogP contribution in [-0.4, -0.2) is 17.0 Å². The van der Waals surface area contributed by atoms with E-state index in [1.54, 1.807) is 0 Å². The third kappa shape index (κ3) is 3.02. The molecular formula is C13H13Br2NO2. The van der Waals surface area contributed by atoms with E-state index >= 15 is 0 Å². The normalized spacial score (nSPS) is 22.8. The van der Waals surface area contributed by atoms with Gasteiger partial charge < -0.3 is 4.74 Å². The van der Waals surface area contributed by atoms with Crippen LogP contribution in [0.3, 0.4) is 0 Å². The minimum absolute atomic E-state index is 0.316. The summed E-state index contributed by atoms with van der Waals surface area (Å²) in [6.07, 6.45) is 2.14. The maximum atomic E-state index is 11.4. The molecule has 5 heteroatoms. The van der Waals surface area contributed by atoms with Gasteiger partial charge >= 0.3 is 5.97 Å². The predicted molar refractivity (Wildman–Crippen MR) is 77.5 cm³/mol. The number of cyclic esters (lactones) is 1. The fourth-order valence-corrected chi connectivity index (χ4v) is 2.99. The predicted octanol–water partition coefficient (Wildman–Crippen LogP) is 3.09. The number of halogens is 2. The van der Waals surface area contributed by atoms with Crippen LogP contribution in [0.25, 0.3) is 0 Å². The number of nitrogens with one attached hydrogen (secondary N) is 1. The van der Waals surface area contributed by atoms with Crippen LogP contribution in [0.15, 0.2) is 40.9 Å². The van der Waals surface area contributed by atoms with Gasteiger partial charge in [0.2, 0.25) is 0 Å². The molecule has 0 radical (unpaired) electrons. The fraction of sp³-hybridized carbons (Fsp3) is 0.308. The molecule has 18 heavy (non-hydrogen) atoms. The molecule has 1 aromatic carbocycles. The Morgan fingerprint density at radius 3 is 2.56 bits per heavy atom. The third-order valence-electron chi connectivity index (χ3n) is 2.77. The van der Waals surface area contributed by atoms with E-state index in [0.717, 1.165) is 15.4 Å². The van der Waals surface area contributed by atoms with Gasteiger partial charge in [-0.15, -0.1) is 0 Å². The number of hydrogen-bond donors (Lipinski definition) is 1. The number of hydrogen-bond acceptors (Lipinski definition) is 3. The molecule has 1 aliphatic heterocycles. The number of carbonyl (C=O) groups excluding carboxylic acids is 1. The van der Waals surface area contributed by atoms with Crippen molar-refractivity contribution in [3.63, 3.8) is 0 Å². The third-order valence-corrected chi connectivity index (χ3v) is 4.04. The van der Waals surface area contributed by atoms with Crippen LogP contribution in [0.5, 0.6) is 0 Å². The first-order valence-corrected chi connectivity index (χ1v) is 7.53. The molecule has 1 aliphatic rings. The zero-order valence-corrected chi connectivity index (χ0v) is 12.8. The van der Waals surface area contributed by atoms with Crippen molar-refractivity contribution in [3.05, 3.63) is 46.5 Å². The van der Waals surface area contributed by atoms with E-state index in [1.807, 2.05) is 30.3 Å². The molecule has 0 saturated carbocycles. The number of alkyl halides is 1. The maximum absolute atomic E-state index is 11.4. The first-order valence-electron chi connectivity index (χ1n) is 5.62. The largest absolute Gasteiger partial charge is 0.436 e. The second-order valence-corrected chi connectivity index (χ2v) is 5.67. The highest BCUT2D eigenvalue weighted by molar-refractivity contribution is 9.11. The number of benzene rings is 1. The lowest BCUT2D eigenvalue weighted by atomic mass is 10.1. The second-order valence-electron chi connectivity index (χ2n) is 4.02. The summed E-state index contributed by atoms with van der Waals surface area (Å²) in [6, 6.07) is 10.0. The summed E-state index contributed by atoms with van der Waals surface area (Å²) in [7, 11) is 0. The monoisotopic (exact) mass is 373 g/mol. The zero-order valence-electron chi connectivity index (χ0n) is 9.66. The topological polar surface area (TPSA) is 38.3 Å². The minimum Gasteiger partial charge on any atom is -0.436 e. The summed E-state index contributed by atoms with van der Waals surface area (Å²) in [5.74, 6) is -0.316. The Labute approximate surface area is 123 Å². The molecule has 0 amide bonds. The fourth-order valence-electron chi connectivity index (χ4n) is 1.82. The van der Waals surface area contributed by atoms with Crippen molar-refractivity contribution in [2.24, 2.45) is 0 Å². The summed E-state index contributed by atoms with van der Waals surface area (Å²) in [6.45, 7) is 0.643. The number of rotatable bonds is 5. The van der Waals surface area contributed by atoms with Crippen molar-refractivity contribution < 1.29 is 9.53 Å². The van der Waals surface area contributed by atoms with Crippen LogP contribution < -0.4 is 5.32 Å². The SMILES string of the molecule is O=C1C=C(Br)C(CCBr)(NCc2ccccc2)O1. The average Bonchev–Trinajstić information content (AvgIpc) is 2.64. The van der Waals surface area contributed by atoms with E-state index in [2.05, 4.69) is 37.2 Å². The van der Waals surface area contributed by atoms with Gasteiger partial charge in [0, 0.05) is 24.4 Å². The number of carbonyl (C=O) groups is 1. The lowest BCUT2D eigenvalue weighted by Crippen LogP contribution is -2.46. The first kappa shape index (κ1) is 13.8. The minimum atomic E-state index is -0.740. The molecule has 0 bridgehead atoms. The van der Waals surface area contributed by atoms with E-state index in [9.17, 15) is 4.79 Å². The molecule has 1 aromatic rings. The Kier molecular flexibility index (Phi) is 4.59. The average molecular weight is 375 g/mol. The smallest absolute Gasteiger partial charge is 0.333 e. The molecule has 1 atom stereocenters. The van der Waals surface area contributed by atoms with Gasteiger partial charge in [0.05, 0.1) is 4.48 Å². The van der Waals surface area contributed by atoms with Crippen LogP contribution in [0.2, 0.25) is 0 Å². The quantitative estimate of drug-likeness (QED) is 0.635. The van der Waals surface area contributed by atoms with Gasteiger partial charge in [-0.1, -0.05) is 46.3 Å². The van der Waals surface area contributed by atoms with Gasteiger partial charge in [-0.3, -0.25) is 5.32 Å². The van der Waals surface area contributed by atoms with Crippen molar-refractivity contribution in [2.45, 2.75) is 18.7 Å². The lowest BCUT2D eigenvalue weighted by Gasteiger charge is -2.29. The van der Waals surface area contributed by atoms with Gasteiger partial charge in [0.1, 0.15) is 0 Å². The Morgan fingerprint density at radius 2 is 2.00 bits per heavy atom. The summed E-state index contributed by atoms with van der Waals surface area (Å²) >= 11 is 6.80. The van der Waals surface area contributed by atoms with Gasteiger partial charge in [-0.05, 0) is 21.5 Å². The van der Waals surface area contributed by atoms with E-state index in [-0.39, 0.29) is 5.97 Å². The highest BCUT2D eigenvalue weighted by atomic mass is 79.9. The lowest BCUT2D eigenvalue weighted by molar-refractivity contribution is -0.148. The summed E-state index contributed by atoms with van der Waals surface area (Å²) in [4.78, 5) is 11.4. The first-order chi connectivity index (χ1) is 8.66. The van der Waals surface area contributed by atoms with Crippen molar-refractivity contribution in [1.82, 2.24) is 5.32 Å². The van der Waals surface area contributed by atoms with Crippen LogP contribution in [0, 0.1) is 0 Å². The zero-order chi connectivity index (χ0) is 13.0. The standard InChI is InChI=1S/C13H13Br2NO2/c14-7-6-13(11(15)8-12(17)18-13)16-9-10-4-2-1-3-5-10/h1-5,8,16H,6-7,9H2. The van der Waals surface area contributed by atoms with E-state index in [0.29, 0.717) is 13.0 Å². The molecule has 96 valence electrons. The molecule has 3 nitrogen and oxygen atoms in total. The van der Waals surface area contributed by atoms with Crippen molar-refractivity contribution in [1.29, 1.82) is 0 Å². The van der Waals surface area contributed by atoms with Gasteiger partial charge in [-0.2, -0.15) is 0 Å².